The van der Waals surface area contributed by atoms with Gasteiger partial charge in [0.05, 0.1) is 7.11 Å². The Morgan fingerprint density at radius 1 is 1.26 bits per heavy atom. The van der Waals surface area contributed by atoms with Crippen LogP contribution in [-0.4, -0.2) is 12.2 Å². The molecule has 0 amide bonds. The molecule has 1 aromatic rings. The van der Waals surface area contributed by atoms with Gasteiger partial charge in [-0.2, -0.15) is 0 Å². The van der Waals surface area contributed by atoms with Crippen LogP contribution in [0.15, 0.2) is 53.3 Å². The van der Waals surface area contributed by atoms with Crippen LogP contribution in [0.25, 0.3) is 5.57 Å². The number of aliphatic hydroxyl groups is 1. The number of hydrogen-bond acceptors (Lipinski definition) is 2. The number of hydrogen-bond donors (Lipinski definition) is 1. The molecule has 0 fully saturated rings. The number of rotatable bonds is 3. The Morgan fingerprint density at radius 2 is 1.95 bits per heavy atom. The van der Waals surface area contributed by atoms with Crippen LogP contribution in [0.5, 0.6) is 5.75 Å². The van der Waals surface area contributed by atoms with E-state index < -0.39 is 0 Å². The molecule has 2 rings (SSSR count). The van der Waals surface area contributed by atoms with Gasteiger partial charge in [-0.15, -0.1) is 0 Å². The third kappa shape index (κ3) is 2.90. The molecule has 0 spiro atoms. The lowest BCUT2D eigenvalue weighted by Crippen LogP contribution is -1.99. The van der Waals surface area contributed by atoms with Crippen LogP contribution >= 0.6 is 0 Å². The summed E-state index contributed by atoms with van der Waals surface area (Å²) in [6.45, 7) is 4.31. The van der Waals surface area contributed by atoms with E-state index in [0.717, 1.165) is 29.7 Å². The Balaban J connectivity index is 2.45. The van der Waals surface area contributed by atoms with Crippen molar-refractivity contribution in [2.24, 2.45) is 0 Å². The summed E-state index contributed by atoms with van der Waals surface area (Å²) < 4.78 is 5.18. The number of ether oxygens (including phenoxy) is 1. The van der Waals surface area contributed by atoms with E-state index in [9.17, 15) is 5.11 Å². The minimum Gasteiger partial charge on any atom is -0.508 e. The van der Waals surface area contributed by atoms with Crippen molar-refractivity contribution in [2.45, 2.75) is 26.7 Å². The number of allylic oxidation sites excluding steroid dienone is 5. The van der Waals surface area contributed by atoms with Crippen molar-refractivity contribution in [3.63, 3.8) is 0 Å². The summed E-state index contributed by atoms with van der Waals surface area (Å²) in [7, 11) is 1.66. The van der Waals surface area contributed by atoms with Gasteiger partial charge in [-0.25, -0.2) is 0 Å². The molecule has 0 aromatic heterocycles. The highest BCUT2D eigenvalue weighted by Crippen LogP contribution is 2.34. The highest BCUT2D eigenvalue weighted by molar-refractivity contribution is 5.83. The predicted octanol–water partition coefficient (Wildman–Crippen LogP) is 4.65. The van der Waals surface area contributed by atoms with Gasteiger partial charge < -0.3 is 9.84 Å². The van der Waals surface area contributed by atoms with Crippen LogP contribution < -0.4 is 4.74 Å². The molecule has 0 radical (unpaired) electrons. The monoisotopic (exact) mass is 256 g/mol. The van der Waals surface area contributed by atoms with Gasteiger partial charge in [0.25, 0.3) is 0 Å². The number of methoxy groups -OCH3 is 1. The van der Waals surface area contributed by atoms with Crippen LogP contribution in [0.3, 0.4) is 0 Å². The lowest BCUT2D eigenvalue weighted by molar-refractivity contribution is 0.415. The van der Waals surface area contributed by atoms with Crippen LogP contribution in [-0.2, 0) is 0 Å². The van der Waals surface area contributed by atoms with Gasteiger partial charge in [-0.3, -0.25) is 0 Å². The van der Waals surface area contributed by atoms with Gasteiger partial charge in [0.1, 0.15) is 11.5 Å². The zero-order valence-corrected chi connectivity index (χ0v) is 11.7. The predicted molar refractivity (Wildman–Crippen MR) is 79.3 cm³/mol. The normalized spacial score (nSPS) is 17.6. The molecule has 0 bridgehead atoms. The van der Waals surface area contributed by atoms with Crippen molar-refractivity contribution < 1.29 is 9.84 Å². The van der Waals surface area contributed by atoms with Crippen LogP contribution in [0.4, 0.5) is 0 Å². The first-order valence-electron chi connectivity index (χ1n) is 6.60. The molecule has 1 aromatic carbocycles. The fraction of sp³-hybridized carbons (Fsp3) is 0.294. The van der Waals surface area contributed by atoms with Gasteiger partial charge in [0.15, 0.2) is 0 Å². The quantitative estimate of drug-likeness (QED) is 0.853. The average Bonchev–Trinajstić information content (AvgIpc) is 2.46. The molecule has 0 heterocycles. The molecule has 1 aliphatic carbocycles. The van der Waals surface area contributed by atoms with Crippen LogP contribution in [0.2, 0.25) is 0 Å². The van der Waals surface area contributed by atoms with E-state index in [0.29, 0.717) is 5.76 Å². The molecule has 100 valence electrons. The Hall–Kier alpha value is -1.96. The van der Waals surface area contributed by atoms with Crippen molar-refractivity contribution in [1.82, 2.24) is 0 Å². The molecular weight excluding hydrogens is 236 g/mol. The zero-order valence-electron chi connectivity index (χ0n) is 11.7. The van der Waals surface area contributed by atoms with E-state index in [4.69, 9.17) is 4.74 Å². The van der Waals surface area contributed by atoms with E-state index in [1.54, 1.807) is 7.11 Å². The van der Waals surface area contributed by atoms with Crippen molar-refractivity contribution in [2.75, 3.05) is 7.11 Å². The second-order valence-corrected chi connectivity index (χ2v) is 4.73. The molecule has 1 N–H and O–H groups in total. The topological polar surface area (TPSA) is 29.5 Å². The Bertz CT molecular complexity index is 545. The smallest absolute Gasteiger partial charge is 0.118 e. The lowest BCUT2D eigenvalue weighted by atomic mass is 9.87. The minimum atomic E-state index is 0.346. The average molecular weight is 256 g/mol. The van der Waals surface area contributed by atoms with Crippen molar-refractivity contribution >= 4 is 5.57 Å². The summed E-state index contributed by atoms with van der Waals surface area (Å²) in [5.41, 5.74) is 4.90. The fourth-order valence-electron chi connectivity index (χ4n) is 2.26. The van der Waals surface area contributed by atoms with E-state index in [1.165, 1.54) is 11.1 Å². The zero-order chi connectivity index (χ0) is 13.8. The molecule has 0 saturated carbocycles. The summed E-state index contributed by atoms with van der Waals surface area (Å²) >= 11 is 0. The van der Waals surface area contributed by atoms with Gasteiger partial charge in [0.2, 0.25) is 0 Å². The SMILES string of the molecule is CCC(C)=C1CC=C(O)C=C1c1ccc(OC)cc1. The van der Waals surface area contributed by atoms with E-state index in [1.807, 2.05) is 36.4 Å². The Morgan fingerprint density at radius 3 is 2.53 bits per heavy atom. The summed E-state index contributed by atoms with van der Waals surface area (Å²) in [4.78, 5) is 0. The molecule has 0 aliphatic heterocycles. The molecular formula is C17H20O2. The summed E-state index contributed by atoms with van der Waals surface area (Å²) in [5.74, 6) is 1.19. The molecule has 2 nitrogen and oxygen atoms in total. The van der Waals surface area contributed by atoms with Gasteiger partial charge in [-0.1, -0.05) is 24.6 Å². The third-order valence-corrected chi connectivity index (χ3v) is 3.58. The van der Waals surface area contributed by atoms with E-state index in [-0.39, 0.29) is 0 Å². The number of aliphatic hydroxyl groups excluding tert-OH is 1. The highest BCUT2D eigenvalue weighted by atomic mass is 16.5. The molecule has 0 atom stereocenters. The highest BCUT2D eigenvalue weighted by Gasteiger charge is 2.14. The maximum absolute atomic E-state index is 9.75. The second kappa shape index (κ2) is 5.79. The van der Waals surface area contributed by atoms with Gasteiger partial charge in [0, 0.05) is 0 Å². The standard InChI is InChI=1S/C17H20O2/c1-4-12(2)16-10-7-14(18)11-17(16)13-5-8-15(19-3)9-6-13/h5-9,11,18H,4,10H2,1-3H3. The molecule has 2 heteroatoms. The maximum Gasteiger partial charge on any atom is 0.118 e. The summed E-state index contributed by atoms with van der Waals surface area (Å²) in [5, 5.41) is 9.75. The molecule has 0 unspecified atom stereocenters. The fourth-order valence-corrected chi connectivity index (χ4v) is 2.26. The maximum atomic E-state index is 9.75. The molecule has 1 aliphatic rings. The Kier molecular flexibility index (Phi) is 4.10. The van der Waals surface area contributed by atoms with E-state index >= 15 is 0 Å². The summed E-state index contributed by atoms with van der Waals surface area (Å²) in [6, 6.07) is 7.97. The first-order valence-corrected chi connectivity index (χ1v) is 6.60. The van der Waals surface area contributed by atoms with Gasteiger partial charge >= 0.3 is 0 Å². The Labute approximate surface area is 114 Å². The summed E-state index contributed by atoms with van der Waals surface area (Å²) in [6.07, 6.45) is 5.53. The van der Waals surface area contributed by atoms with Crippen molar-refractivity contribution in [3.8, 4) is 5.75 Å². The number of benzene rings is 1. The van der Waals surface area contributed by atoms with Crippen LogP contribution in [0.1, 0.15) is 32.3 Å². The van der Waals surface area contributed by atoms with E-state index in [2.05, 4.69) is 13.8 Å². The molecule has 19 heavy (non-hydrogen) atoms. The van der Waals surface area contributed by atoms with Crippen LogP contribution in [0, 0.1) is 0 Å². The van der Waals surface area contributed by atoms with Crippen molar-refractivity contribution in [3.05, 3.63) is 58.9 Å². The first-order chi connectivity index (χ1) is 9.15. The first kappa shape index (κ1) is 13.5. The third-order valence-electron chi connectivity index (χ3n) is 3.58. The largest absolute Gasteiger partial charge is 0.508 e. The van der Waals surface area contributed by atoms with Crippen molar-refractivity contribution in [1.29, 1.82) is 0 Å². The lowest BCUT2D eigenvalue weighted by Gasteiger charge is -2.18. The van der Waals surface area contributed by atoms with Gasteiger partial charge in [-0.05, 0) is 60.8 Å². The minimum absolute atomic E-state index is 0.346. The molecule has 0 saturated heterocycles. The second-order valence-electron chi connectivity index (χ2n) is 4.73.